The smallest absolute Gasteiger partial charge is 0.143 e. The van der Waals surface area contributed by atoms with Gasteiger partial charge in [-0.2, -0.15) is 0 Å². The van der Waals surface area contributed by atoms with E-state index in [-0.39, 0.29) is 0 Å². The molecule has 0 fully saturated rings. The van der Waals surface area contributed by atoms with Gasteiger partial charge in [-0.05, 0) is 40.1 Å². The molecule has 5 nitrogen and oxygen atoms in total. The van der Waals surface area contributed by atoms with Gasteiger partial charge in [-0.1, -0.05) is 12.1 Å². The fourth-order valence-corrected chi connectivity index (χ4v) is 2.28. The molecule has 1 aromatic carbocycles. The van der Waals surface area contributed by atoms with Crippen LogP contribution in [0.3, 0.4) is 0 Å². The Morgan fingerprint density at radius 2 is 2.22 bits per heavy atom. The van der Waals surface area contributed by atoms with Gasteiger partial charge in [0.25, 0.3) is 0 Å². The predicted molar refractivity (Wildman–Crippen MR) is 70.8 cm³/mol. The van der Waals surface area contributed by atoms with E-state index in [1.807, 2.05) is 24.3 Å². The van der Waals surface area contributed by atoms with Crippen LogP contribution < -0.4 is 5.32 Å². The van der Waals surface area contributed by atoms with Crippen LogP contribution in [0.25, 0.3) is 5.69 Å². The van der Waals surface area contributed by atoms with Crippen LogP contribution in [0, 0.1) is 0 Å². The maximum atomic E-state index is 3.87. The summed E-state index contributed by atoms with van der Waals surface area (Å²) in [5, 5.41) is 16.6. The van der Waals surface area contributed by atoms with E-state index in [2.05, 4.69) is 38.4 Å². The molecule has 3 rings (SSSR count). The van der Waals surface area contributed by atoms with Gasteiger partial charge in [-0.15, -0.1) is 16.4 Å². The van der Waals surface area contributed by atoms with Crippen molar-refractivity contribution in [1.29, 1.82) is 0 Å². The first-order chi connectivity index (χ1) is 8.92. The third-order valence-electron chi connectivity index (χ3n) is 2.51. The minimum absolute atomic E-state index is 0.830. The molecule has 6 heteroatoms. The van der Waals surface area contributed by atoms with Crippen molar-refractivity contribution in [2.45, 2.75) is 6.54 Å². The Labute approximate surface area is 108 Å². The number of thiophene rings is 1. The number of nitrogens with one attached hydrogen (secondary N) is 1. The zero-order valence-corrected chi connectivity index (χ0v) is 10.3. The van der Waals surface area contributed by atoms with Crippen LogP contribution in [0.4, 0.5) is 5.69 Å². The lowest BCUT2D eigenvalue weighted by atomic mass is 10.2. The summed E-state index contributed by atoms with van der Waals surface area (Å²) >= 11 is 1.74. The second kappa shape index (κ2) is 4.97. The summed E-state index contributed by atoms with van der Waals surface area (Å²) in [7, 11) is 0. The van der Waals surface area contributed by atoms with Gasteiger partial charge >= 0.3 is 0 Å². The maximum absolute atomic E-state index is 3.87. The largest absolute Gasteiger partial charge is 0.380 e. The Morgan fingerprint density at radius 1 is 1.22 bits per heavy atom. The summed E-state index contributed by atoms with van der Waals surface area (Å²) in [5.41, 5.74) is 1.99. The van der Waals surface area contributed by atoms with Crippen molar-refractivity contribution in [2.24, 2.45) is 0 Å². The number of benzene rings is 1. The summed E-state index contributed by atoms with van der Waals surface area (Å²) in [6.45, 7) is 0.830. The first kappa shape index (κ1) is 10.9. The van der Waals surface area contributed by atoms with Crippen LogP contribution in [-0.2, 0) is 6.54 Å². The number of aromatic nitrogens is 4. The summed E-state index contributed by atoms with van der Waals surface area (Å²) in [4.78, 5) is 1.31. The SMILES string of the molecule is c1cc(NCc2cccs2)cc(-n2cnnn2)c1. The molecule has 0 aliphatic rings. The molecule has 2 aromatic heterocycles. The van der Waals surface area contributed by atoms with Crippen molar-refractivity contribution >= 4 is 17.0 Å². The molecule has 0 unspecified atom stereocenters. The molecular weight excluding hydrogens is 246 g/mol. The standard InChI is InChI=1S/C12H11N5S/c1-3-10(13-8-12-5-2-6-18-12)7-11(4-1)17-9-14-15-16-17/h1-7,9,13H,8H2. The molecule has 0 aliphatic heterocycles. The monoisotopic (exact) mass is 257 g/mol. The molecule has 0 bridgehead atoms. The normalized spacial score (nSPS) is 10.4. The minimum atomic E-state index is 0.830. The lowest BCUT2D eigenvalue weighted by molar-refractivity contribution is 0.789. The second-order valence-electron chi connectivity index (χ2n) is 3.74. The van der Waals surface area contributed by atoms with Crippen molar-refractivity contribution in [3.05, 3.63) is 53.0 Å². The average molecular weight is 257 g/mol. The van der Waals surface area contributed by atoms with Gasteiger partial charge in [0.2, 0.25) is 0 Å². The van der Waals surface area contributed by atoms with Gasteiger partial charge in [-0.25, -0.2) is 4.68 Å². The third-order valence-corrected chi connectivity index (χ3v) is 3.38. The molecule has 0 aliphatic carbocycles. The van der Waals surface area contributed by atoms with E-state index in [0.717, 1.165) is 17.9 Å². The van der Waals surface area contributed by atoms with E-state index in [9.17, 15) is 0 Å². The highest BCUT2D eigenvalue weighted by molar-refractivity contribution is 7.09. The van der Waals surface area contributed by atoms with Crippen LogP contribution in [-0.4, -0.2) is 20.2 Å². The average Bonchev–Trinajstić information content (AvgIpc) is 3.10. The Bertz CT molecular complexity index is 603. The van der Waals surface area contributed by atoms with E-state index >= 15 is 0 Å². The fraction of sp³-hybridized carbons (Fsp3) is 0.0833. The lowest BCUT2D eigenvalue weighted by Crippen LogP contribution is -2.00. The second-order valence-corrected chi connectivity index (χ2v) is 4.77. The fourth-order valence-electron chi connectivity index (χ4n) is 1.64. The Morgan fingerprint density at radius 3 is 3.00 bits per heavy atom. The maximum Gasteiger partial charge on any atom is 0.143 e. The molecule has 2 heterocycles. The summed E-state index contributed by atoms with van der Waals surface area (Å²) in [6, 6.07) is 12.2. The highest BCUT2D eigenvalue weighted by Gasteiger charge is 2.00. The molecule has 0 atom stereocenters. The van der Waals surface area contributed by atoms with Crippen molar-refractivity contribution in [2.75, 3.05) is 5.32 Å². The molecule has 0 saturated heterocycles. The number of nitrogens with zero attached hydrogens (tertiary/aromatic N) is 4. The van der Waals surface area contributed by atoms with E-state index in [0.29, 0.717) is 0 Å². The number of tetrazole rings is 1. The van der Waals surface area contributed by atoms with E-state index in [4.69, 9.17) is 0 Å². The molecule has 3 aromatic rings. The quantitative estimate of drug-likeness (QED) is 0.779. The Kier molecular flexibility index (Phi) is 3.01. The minimum Gasteiger partial charge on any atom is -0.380 e. The van der Waals surface area contributed by atoms with E-state index in [1.54, 1.807) is 22.3 Å². The van der Waals surface area contributed by atoms with Gasteiger partial charge in [0.1, 0.15) is 6.33 Å². The molecular formula is C12H11N5S. The van der Waals surface area contributed by atoms with Gasteiger partial charge in [0.15, 0.2) is 0 Å². The summed E-state index contributed by atoms with van der Waals surface area (Å²) in [6.07, 6.45) is 1.58. The van der Waals surface area contributed by atoms with E-state index < -0.39 is 0 Å². The van der Waals surface area contributed by atoms with Crippen LogP contribution in [0.5, 0.6) is 0 Å². The first-order valence-electron chi connectivity index (χ1n) is 5.51. The molecule has 90 valence electrons. The van der Waals surface area contributed by atoms with Crippen molar-refractivity contribution in [3.63, 3.8) is 0 Å². The molecule has 18 heavy (non-hydrogen) atoms. The van der Waals surface area contributed by atoms with Crippen molar-refractivity contribution in [3.8, 4) is 5.69 Å². The molecule has 1 N–H and O–H groups in total. The lowest BCUT2D eigenvalue weighted by Gasteiger charge is -2.06. The number of hydrogen-bond acceptors (Lipinski definition) is 5. The number of anilines is 1. The molecule has 0 saturated carbocycles. The van der Waals surface area contributed by atoms with Crippen molar-refractivity contribution in [1.82, 2.24) is 20.2 Å². The Balaban J connectivity index is 1.75. The highest BCUT2D eigenvalue weighted by Crippen LogP contribution is 2.16. The van der Waals surface area contributed by atoms with Gasteiger partial charge in [0, 0.05) is 17.1 Å². The van der Waals surface area contributed by atoms with E-state index in [1.165, 1.54) is 4.88 Å². The number of rotatable bonds is 4. The first-order valence-corrected chi connectivity index (χ1v) is 6.39. The molecule has 0 amide bonds. The summed E-state index contributed by atoms with van der Waals surface area (Å²) in [5.74, 6) is 0. The van der Waals surface area contributed by atoms with Crippen LogP contribution in [0.2, 0.25) is 0 Å². The van der Waals surface area contributed by atoms with Crippen molar-refractivity contribution < 1.29 is 0 Å². The van der Waals surface area contributed by atoms with Crippen LogP contribution in [0.15, 0.2) is 48.1 Å². The van der Waals surface area contributed by atoms with Gasteiger partial charge in [0.05, 0.1) is 5.69 Å². The third kappa shape index (κ3) is 2.38. The highest BCUT2D eigenvalue weighted by atomic mass is 32.1. The zero-order chi connectivity index (χ0) is 12.2. The summed E-state index contributed by atoms with van der Waals surface area (Å²) < 4.78 is 1.64. The topological polar surface area (TPSA) is 55.6 Å². The molecule has 0 radical (unpaired) electrons. The zero-order valence-electron chi connectivity index (χ0n) is 9.52. The Hall–Kier alpha value is -2.21. The predicted octanol–water partition coefficient (Wildman–Crippen LogP) is 2.34. The number of hydrogen-bond donors (Lipinski definition) is 1. The van der Waals surface area contributed by atoms with Crippen LogP contribution in [0.1, 0.15) is 4.88 Å². The van der Waals surface area contributed by atoms with Gasteiger partial charge < -0.3 is 5.32 Å². The molecule has 0 spiro atoms. The van der Waals surface area contributed by atoms with Gasteiger partial charge in [-0.3, -0.25) is 0 Å². The van der Waals surface area contributed by atoms with Crippen LogP contribution >= 0.6 is 11.3 Å².